The molecular weight excluding hydrogens is 204 g/mol. The second-order valence-electron chi connectivity index (χ2n) is 2.72. The topological polar surface area (TPSA) is 66.9 Å². The van der Waals surface area contributed by atoms with Crippen LogP contribution in [0.1, 0.15) is 11.5 Å². The summed E-state index contributed by atoms with van der Waals surface area (Å²) in [4.78, 5) is 9.75. The molecule has 0 bridgehead atoms. The molecule has 0 aliphatic heterocycles. The standard InChI is InChI=1S/C9H7ClN2O2/c10-9-4-2-1-3-8(9)7(5-11)6-12(13)14/h1-4,7H,6H2. The van der Waals surface area contributed by atoms with E-state index in [0.717, 1.165) is 0 Å². The molecule has 72 valence electrons. The van der Waals surface area contributed by atoms with Crippen LogP contribution in [0.2, 0.25) is 5.02 Å². The van der Waals surface area contributed by atoms with Crippen molar-refractivity contribution in [3.8, 4) is 6.07 Å². The van der Waals surface area contributed by atoms with Gasteiger partial charge in [-0.05, 0) is 11.6 Å². The van der Waals surface area contributed by atoms with E-state index in [2.05, 4.69) is 0 Å². The van der Waals surface area contributed by atoms with Gasteiger partial charge in [0, 0.05) is 9.95 Å². The van der Waals surface area contributed by atoms with Crippen molar-refractivity contribution in [2.75, 3.05) is 6.54 Å². The summed E-state index contributed by atoms with van der Waals surface area (Å²) in [6.07, 6.45) is 0. The van der Waals surface area contributed by atoms with Crippen molar-refractivity contribution in [1.29, 1.82) is 5.26 Å². The third-order valence-corrected chi connectivity index (χ3v) is 2.11. The van der Waals surface area contributed by atoms with Crippen LogP contribution in [0.25, 0.3) is 0 Å². The van der Waals surface area contributed by atoms with Gasteiger partial charge in [-0.15, -0.1) is 0 Å². The van der Waals surface area contributed by atoms with Crippen LogP contribution in [-0.2, 0) is 0 Å². The number of halogens is 1. The molecule has 0 saturated heterocycles. The van der Waals surface area contributed by atoms with Crippen LogP contribution < -0.4 is 0 Å². The molecule has 0 radical (unpaired) electrons. The fourth-order valence-electron chi connectivity index (χ4n) is 1.12. The molecule has 1 rings (SSSR count). The number of rotatable bonds is 3. The van der Waals surface area contributed by atoms with E-state index in [1.54, 1.807) is 24.3 Å². The molecule has 1 aromatic carbocycles. The Labute approximate surface area is 85.9 Å². The lowest BCUT2D eigenvalue weighted by atomic mass is 10.0. The molecule has 0 amide bonds. The van der Waals surface area contributed by atoms with E-state index >= 15 is 0 Å². The molecule has 1 unspecified atom stereocenters. The summed E-state index contributed by atoms with van der Waals surface area (Å²) >= 11 is 5.81. The lowest BCUT2D eigenvalue weighted by Crippen LogP contribution is -2.11. The molecule has 0 heterocycles. The molecule has 14 heavy (non-hydrogen) atoms. The summed E-state index contributed by atoms with van der Waals surface area (Å²) in [7, 11) is 0. The molecule has 0 saturated carbocycles. The Hall–Kier alpha value is -1.60. The third kappa shape index (κ3) is 2.44. The molecule has 0 fully saturated rings. The highest BCUT2D eigenvalue weighted by Crippen LogP contribution is 2.23. The first-order valence-corrected chi connectivity index (χ1v) is 4.28. The molecule has 0 spiro atoms. The van der Waals surface area contributed by atoms with Gasteiger partial charge in [0.15, 0.2) is 0 Å². The SMILES string of the molecule is N#CC(C[N+](=O)[O-])c1ccccc1Cl. The lowest BCUT2D eigenvalue weighted by Gasteiger charge is -2.05. The summed E-state index contributed by atoms with van der Waals surface area (Å²) in [5, 5.41) is 19.4. The Balaban J connectivity index is 2.96. The minimum Gasteiger partial charge on any atom is -0.264 e. The van der Waals surface area contributed by atoms with Crippen molar-refractivity contribution in [2.45, 2.75) is 5.92 Å². The van der Waals surface area contributed by atoms with E-state index in [-0.39, 0.29) is 0 Å². The highest BCUT2D eigenvalue weighted by atomic mass is 35.5. The van der Waals surface area contributed by atoms with Crippen molar-refractivity contribution in [1.82, 2.24) is 0 Å². The van der Waals surface area contributed by atoms with Gasteiger partial charge in [0.2, 0.25) is 6.54 Å². The predicted octanol–water partition coefficient (Wildman–Crippen LogP) is 2.22. The van der Waals surface area contributed by atoms with Crippen molar-refractivity contribution in [3.63, 3.8) is 0 Å². The van der Waals surface area contributed by atoms with Crippen molar-refractivity contribution in [3.05, 3.63) is 45.0 Å². The van der Waals surface area contributed by atoms with Gasteiger partial charge in [-0.25, -0.2) is 0 Å². The van der Waals surface area contributed by atoms with Crippen LogP contribution in [0.3, 0.4) is 0 Å². The van der Waals surface area contributed by atoms with Gasteiger partial charge in [0.1, 0.15) is 5.92 Å². The predicted molar refractivity (Wildman–Crippen MR) is 51.7 cm³/mol. The first kappa shape index (κ1) is 10.5. The maximum atomic E-state index is 10.3. The number of nitriles is 1. The Kier molecular flexibility index (Phi) is 3.43. The van der Waals surface area contributed by atoms with Gasteiger partial charge < -0.3 is 0 Å². The highest BCUT2D eigenvalue weighted by molar-refractivity contribution is 6.31. The maximum absolute atomic E-state index is 10.3. The number of nitrogens with zero attached hydrogens (tertiary/aromatic N) is 2. The lowest BCUT2D eigenvalue weighted by molar-refractivity contribution is -0.481. The molecule has 0 aliphatic carbocycles. The summed E-state index contributed by atoms with van der Waals surface area (Å²) < 4.78 is 0. The molecule has 1 aromatic rings. The van der Waals surface area contributed by atoms with Crippen LogP contribution in [-0.4, -0.2) is 11.5 Å². The van der Waals surface area contributed by atoms with Crippen molar-refractivity contribution >= 4 is 11.6 Å². The van der Waals surface area contributed by atoms with Gasteiger partial charge in [-0.1, -0.05) is 29.8 Å². The first-order valence-electron chi connectivity index (χ1n) is 3.91. The van der Waals surface area contributed by atoms with Crippen LogP contribution >= 0.6 is 11.6 Å². The van der Waals surface area contributed by atoms with Gasteiger partial charge in [0.25, 0.3) is 0 Å². The fourth-order valence-corrected chi connectivity index (χ4v) is 1.38. The monoisotopic (exact) mass is 210 g/mol. The number of benzene rings is 1. The normalized spacial score (nSPS) is 11.7. The largest absolute Gasteiger partial charge is 0.264 e. The zero-order chi connectivity index (χ0) is 10.6. The Morgan fingerprint density at radius 3 is 2.71 bits per heavy atom. The quantitative estimate of drug-likeness (QED) is 0.568. The minimum atomic E-state index is -0.779. The number of nitro groups is 1. The van der Waals surface area contributed by atoms with Gasteiger partial charge in [0.05, 0.1) is 6.07 Å². The highest BCUT2D eigenvalue weighted by Gasteiger charge is 2.19. The third-order valence-electron chi connectivity index (χ3n) is 1.77. The van der Waals surface area contributed by atoms with E-state index < -0.39 is 17.4 Å². The minimum absolute atomic E-state index is 0.390. The molecule has 0 N–H and O–H groups in total. The maximum Gasteiger partial charge on any atom is 0.223 e. The summed E-state index contributed by atoms with van der Waals surface area (Å²) in [5.74, 6) is -0.779. The molecule has 1 atom stereocenters. The fraction of sp³-hybridized carbons (Fsp3) is 0.222. The summed E-state index contributed by atoms with van der Waals surface area (Å²) in [6.45, 7) is -0.416. The smallest absolute Gasteiger partial charge is 0.223 e. The van der Waals surface area contributed by atoms with Gasteiger partial charge >= 0.3 is 0 Å². The van der Waals surface area contributed by atoms with Gasteiger partial charge in [-0.3, -0.25) is 10.1 Å². The summed E-state index contributed by atoms with van der Waals surface area (Å²) in [6, 6.07) is 8.52. The molecule has 5 heteroatoms. The van der Waals surface area contributed by atoms with Crippen LogP contribution in [0.15, 0.2) is 24.3 Å². The van der Waals surface area contributed by atoms with Crippen molar-refractivity contribution in [2.24, 2.45) is 0 Å². The molecular formula is C9H7ClN2O2. The first-order chi connectivity index (χ1) is 6.65. The molecule has 4 nitrogen and oxygen atoms in total. The van der Waals surface area contributed by atoms with Crippen LogP contribution in [0.4, 0.5) is 0 Å². The van der Waals surface area contributed by atoms with E-state index in [9.17, 15) is 10.1 Å². The Morgan fingerprint density at radius 1 is 1.57 bits per heavy atom. The second-order valence-corrected chi connectivity index (χ2v) is 3.13. The average Bonchev–Trinajstić information content (AvgIpc) is 2.15. The molecule has 0 aliphatic rings. The van der Waals surface area contributed by atoms with E-state index in [4.69, 9.17) is 16.9 Å². The van der Waals surface area contributed by atoms with Crippen LogP contribution in [0.5, 0.6) is 0 Å². The van der Waals surface area contributed by atoms with E-state index in [0.29, 0.717) is 10.6 Å². The zero-order valence-electron chi connectivity index (χ0n) is 7.18. The van der Waals surface area contributed by atoms with Gasteiger partial charge in [-0.2, -0.15) is 5.26 Å². The zero-order valence-corrected chi connectivity index (χ0v) is 7.94. The van der Waals surface area contributed by atoms with Crippen molar-refractivity contribution < 1.29 is 4.92 Å². The number of hydrogen-bond acceptors (Lipinski definition) is 3. The average molecular weight is 211 g/mol. The summed E-state index contributed by atoms with van der Waals surface area (Å²) in [5.41, 5.74) is 0.508. The Bertz CT molecular complexity index is 387. The second kappa shape index (κ2) is 4.58. The molecule has 0 aromatic heterocycles. The van der Waals surface area contributed by atoms with E-state index in [1.165, 1.54) is 0 Å². The van der Waals surface area contributed by atoms with Crippen LogP contribution in [0, 0.1) is 21.4 Å². The number of hydrogen-bond donors (Lipinski definition) is 0. The van der Waals surface area contributed by atoms with E-state index in [1.807, 2.05) is 6.07 Å². The Morgan fingerprint density at radius 2 is 2.21 bits per heavy atom.